The zero-order valence-corrected chi connectivity index (χ0v) is 14.8. The van der Waals surface area contributed by atoms with Gasteiger partial charge in [-0.2, -0.15) is 11.3 Å². The molecular formula is C19H17N5OS. The number of nitrogens with zero attached hydrogens (tertiary/aromatic N) is 3. The van der Waals surface area contributed by atoms with E-state index in [1.807, 2.05) is 22.9 Å². The van der Waals surface area contributed by atoms with Crippen LogP contribution in [0.25, 0.3) is 11.0 Å². The van der Waals surface area contributed by atoms with Crippen molar-refractivity contribution in [2.75, 3.05) is 18.4 Å². The first-order valence-corrected chi connectivity index (χ1v) is 9.23. The smallest absolute Gasteiger partial charge is 0.246 e. The van der Waals surface area contributed by atoms with Crippen LogP contribution in [-0.4, -0.2) is 44.9 Å². The Balaban J connectivity index is 1.55. The van der Waals surface area contributed by atoms with E-state index in [1.165, 1.54) is 12.4 Å². The van der Waals surface area contributed by atoms with Gasteiger partial charge in [0.1, 0.15) is 17.8 Å². The van der Waals surface area contributed by atoms with Crippen LogP contribution in [0.15, 0.2) is 41.9 Å². The van der Waals surface area contributed by atoms with E-state index in [-0.39, 0.29) is 11.9 Å². The highest BCUT2D eigenvalue weighted by Gasteiger charge is 2.25. The largest absolute Gasteiger partial charge is 0.365 e. The van der Waals surface area contributed by atoms with E-state index in [4.69, 9.17) is 0 Å². The van der Waals surface area contributed by atoms with Crippen LogP contribution >= 0.6 is 11.3 Å². The number of likely N-dealkylation sites (tertiary alicyclic amines) is 1. The molecule has 4 rings (SSSR count). The summed E-state index contributed by atoms with van der Waals surface area (Å²) in [4.78, 5) is 25.4. The lowest BCUT2D eigenvalue weighted by Gasteiger charge is -2.15. The summed E-state index contributed by atoms with van der Waals surface area (Å²) in [6, 6.07) is 4.11. The molecule has 26 heavy (non-hydrogen) atoms. The standard InChI is InChI=1S/C19H17N5OS/c1-2-17(25)24-7-5-15(10-24)23-19-16-9-14(22-18(16)20-12-21-19)4-3-13-6-8-26-11-13/h2,6,8-9,11-12,15H,1,5,7,10H2,(H2,20,21,22,23). The molecule has 1 aliphatic heterocycles. The van der Waals surface area contributed by atoms with Crippen molar-refractivity contribution >= 4 is 34.1 Å². The number of aromatic amines is 1. The number of hydrogen-bond acceptors (Lipinski definition) is 5. The molecule has 6 nitrogen and oxygen atoms in total. The predicted octanol–water partition coefficient (Wildman–Crippen LogP) is 2.62. The molecule has 1 saturated heterocycles. The number of thiophene rings is 1. The highest BCUT2D eigenvalue weighted by Crippen LogP contribution is 2.23. The Labute approximate surface area is 155 Å². The first-order chi connectivity index (χ1) is 12.7. The molecule has 1 fully saturated rings. The predicted molar refractivity (Wildman–Crippen MR) is 103 cm³/mol. The number of carbonyl (C=O) groups excluding carboxylic acids is 1. The van der Waals surface area contributed by atoms with E-state index in [9.17, 15) is 4.79 Å². The maximum absolute atomic E-state index is 11.7. The van der Waals surface area contributed by atoms with E-state index in [1.54, 1.807) is 16.2 Å². The van der Waals surface area contributed by atoms with Gasteiger partial charge in [-0.05, 0) is 35.9 Å². The molecule has 0 radical (unpaired) electrons. The number of hydrogen-bond donors (Lipinski definition) is 2. The Kier molecular flexibility index (Phi) is 4.42. The fourth-order valence-corrected chi connectivity index (χ4v) is 3.59. The molecular weight excluding hydrogens is 346 g/mol. The average molecular weight is 363 g/mol. The van der Waals surface area contributed by atoms with Crippen molar-refractivity contribution in [3.05, 3.63) is 53.1 Å². The van der Waals surface area contributed by atoms with Crippen molar-refractivity contribution in [2.45, 2.75) is 12.5 Å². The first kappa shape index (κ1) is 16.4. The van der Waals surface area contributed by atoms with Gasteiger partial charge in [0.2, 0.25) is 5.91 Å². The molecule has 130 valence electrons. The Bertz CT molecular complexity index is 1010. The molecule has 2 N–H and O–H groups in total. The SMILES string of the molecule is C=CC(=O)N1CCC(Nc2ncnc3[nH]c(C#Cc4ccsc4)cc23)C1. The molecule has 0 spiro atoms. The van der Waals surface area contributed by atoms with Crippen LogP contribution in [0, 0.1) is 11.8 Å². The second-order valence-electron chi connectivity index (χ2n) is 6.05. The summed E-state index contributed by atoms with van der Waals surface area (Å²) in [5.41, 5.74) is 2.54. The van der Waals surface area contributed by atoms with Crippen molar-refractivity contribution in [1.29, 1.82) is 0 Å². The topological polar surface area (TPSA) is 73.9 Å². The molecule has 0 saturated carbocycles. The number of aromatic nitrogens is 3. The third-order valence-corrected chi connectivity index (χ3v) is 4.99. The minimum Gasteiger partial charge on any atom is -0.365 e. The van der Waals surface area contributed by atoms with E-state index in [0.717, 1.165) is 41.1 Å². The van der Waals surface area contributed by atoms with Gasteiger partial charge in [0, 0.05) is 30.1 Å². The number of anilines is 1. The van der Waals surface area contributed by atoms with Gasteiger partial charge in [0.15, 0.2) is 0 Å². The van der Waals surface area contributed by atoms with Gasteiger partial charge >= 0.3 is 0 Å². The summed E-state index contributed by atoms with van der Waals surface area (Å²) in [5.74, 6) is 6.98. The Morgan fingerprint density at radius 3 is 3.19 bits per heavy atom. The van der Waals surface area contributed by atoms with Crippen LogP contribution < -0.4 is 5.32 Å². The number of H-pyrrole nitrogens is 1. The average Bonchev–Trinajstić information content (AvgIpc) is 3.39. The Morgan fingerprint density at radius 2 is 2.38 bits per heavy atom. The fourth-order valence-electron chi connectivity index (χ4n) is 3.00. The third-order valence-electron chi connectivity index (χ3n) is 4.30. The summed E-state index contributed by atoms with van der Waals surface area (Å²) >= 11 is 1.62. The molecule has 1 atom stereocenters. The first-order valence-electron chi connectivity index (χ1n) is 8.29. The number of nitrogens with one attached hydrogen (secondary N) is 2. The summed E-state index contributed by atoms with van der Waals surface area (Å²) in [7, 11) is 0. The lowest BCUT2D eigenvalue weighted by Crippen LogP contribution is -2.30. The molecule has 1 amide bonds. The van der Waals surface area contributed by atoms with Crippen LogP contribution in [0.3, 0.4) is 0 Å². The number of rotatable bonds is 3. The molecule has 0 bridgehead atoms. The third kappa shape index (κ3) is 3.32. The van der Waals surface area contributed by atoms with Crippen LogP contribution in [0.2, 0.25) is 0 Å². The summed E-state index contributed by atoms with van der Waals surface area (Å²) in [6.07, 6.45) is 3.76. The maximum atomic E-state index is 11.7. The maximum Gasteiger partial charge on any atom is 0.246 e. The zero-order chi connectivity index (χ0) is 17.9. The summed E-state index contributed by atoms with van der Waals surface area (Å²) in [5, 5.41) is 8.35. The van der Waals surface area contributed by atoms with Crippen LogP contribution in [0.4, 0.5) is 5.82 Å². The lowest BCUT2D eigenvalue weighted by atomic mass is 10.2. The Hall–Kier alpha value is -3.11. The highest BCUT2D eigenvalue weighted by atomic mass is 32.1. The van der Waals surface area contributed by atoms with Crippen molar-refractivity contribution in [2.24, 2.45) is 0 Å². The van der Waals surface area contributed by atoms with E-state index in [2.05, 4.69) is 38.7 Å². The number of fused-ring (bicyclic) bond motifs is 1. The fraction of sp³-hybridized carbons (Fsp3) is 0.211. The normalized spacial score (nSPS) is 16.3. The number of carbonyl (C=O) groups is 1. The molecule has 0 aliphatic carbocycles. The number of amides is 1. The molecule has 0 aromatic carbocycles. The molecule has 1 aliphatic rings. The minimum absolute atomic E-state index is 0.0326. The van der Waals surface area contributed by atoms with Gasteiger partial charge in [-0.1, -0.05) is 12.5 Å². The molecule has 3 aromatic heterocycles. The van der Waals surface area contributed by atoms with Crippen molar-refractivity contribution in [3.63, 3.8) is 0 Å². The molecule has 1 unspecified atom stereocenters. The van der Waals surface area contributed by atoms with Gasteiger partial charge in [-0.3, -0.25) is 4.79 Å². The Morgan fingerprint density at radius 1 is 1.46 bits per heavy atom. The van der Waals surface area contributed by atoms with Gasteiger partial charge < -0.3 is 15.2 Å². The highest BCUT2D eigenvalue weighted by molar-refractivity contribution is 7.08. The minimum atomic E-state index is -0.0326. The monoisotopic (exact) mass is 363 g/mol. The zero-order valence-electron chi connectivity index (χ0n) is 14.0. The van der Waals surface area contributed by atoms with Crippen LogP contribution in [0.5, 0.6) is 0 Å². The molecule has 4 heterocycles. The van der Waals surface area contributed by atoms with Crippen molar-refractivity contribution in [3.8, 4) is 11.8 Å². The van der Waals surface area contributed by atoms with Gasteiger partial charge in [-0.25, -0.2) is 9.97 Å². The van der Waals surface area contributed by atoms with Gasteiger partial charge in [0.05, 0.1) is 11.1 Å². The van der Waals surface area contributed by atoms with Gasteiger partial charge in [-0.15, -0.1) is 0 Å². The van der Waals surface area contributed by atoms with Crippen molar-refractivity contribution in [1.82, 2.24) is 19.9 Å². The quantitative estimate of drug-likeness (QED) is 0.554. The molecule has 3 aromatic rings. The lowest BCUT2D eigenvalue weighted by molar-refractivity contribution is -0.125. The molecule has 7 heteroatoms. The van der Waals surface area contributed by atoms with E-state index < -0.39 is 0 Å². The van der Waals surface area contributed by atoms with Gasteiger partial charge in [0.25, 0.3) is 0 Å². The van der Waals surface area contributed by atoms with E-state index >= 15 is 0 Å². The van der Waals surface area contributed by atoms with E-state index in [0.29, 0.717) is 6.54 Å². The second kappa shape index (κ2) is 7.02. The van der Waals surface area contributed by atoms with Crippen molar-refractivity contribution < 1.29 is 4.79 Å². The summed E-state index contributed by atoms with van der Waals surface area (Å²) in [6.45, 7) is 4.91. The second-order valence-corrected chi connectivity index (χ2v) is 6.83. The summed E-state index contributed by atoms with van der Waals surface area (Å²) < 4.78 is 0. The van der Waals surface area contributed by atoms with Crippen LogP contribution in [-0.2, 0) is 4.79 Å². The van der Waals surface area contributed by atoms with Crippen LogP contribution in [0.1, 0.15) is 17.7 Å².